The molecule has 0 bridgehead atoms. The van der Waals surface area contributed by atoms with Crippen molar-refractivity contribution in [2.75, 3.05) is 20.2 Å². The van der Waals surface area contributed by atoms with Gasteiger partial charge in [0, 0.05) is 25.6 Å². The van der Waals surface area contributed by atoms with E-state index in [9.17, 15) is 13.2 Å². The van der Waals surface area contributed by atoms with Crippen LogP contribution in [-0.4, -0.2) is 39.6 Å². The van der Waals surface area contributed by atoms with Crippen LogP contribution >= 0.6 is 0 Å². The normalized spacial score (nSPS) is 10.5. The third-order valence-corrected chi connectivity index (χ3v) is 3.88. The molecule has 0 aliphatic heterocycles. The Morgan fingerprint density at radius 3 is 2.50 bits per heavy atom. The molecule has 0 heterocycles. The van der Waals surface area contributed by atoms with Gasteiger partial charge in [-0.25, -0.2) is 13.1 Å². The topological polar surface area (TPSA) is 95.5 Å². The summed E-state index contributed by atoms with van der Waals surface area (Å²) in [6.07, 6.45) is 0.0792. The SMILES string of the molecule is CNC(=O)CCNS(=O)(=O)c1ccc(C#CCO)cc1. The van der Waals surface area contributed by atoms with Crippen LogP contribution in [0.4, 0.5) is 0 Å². The van der Waals surface area contributed by atoms with E-state index in [4.69, 9.17) is 5.11 Å². The van der Waals surface area contributed by atoms with E-state index in [2.05, 4.69) is 21.9 Å². The van der Waals surface area contributed by atoms with Crippen molar-refractivity contribution in [2.45, 2.75) is 11.3 Å². The first-order valence-electron chi connectivity index (χ1n) is 5.89. The summed E-state index contributed by atoms with van der Waals surface area (Å²) in [5.41, 5.74) is 0.614. The molecule has 0 spiro atoms. The van der Waals surface area contributed by atoms with E-state index >= 15 is 0 Å². The van der Waals surface area contributed by atoms with Gasteiger partial charge in [0.05, 0.1) is 4.90 Å². The van der Waals surface area contributed by atoms with Crippen molar-refractivity contribution >= 4 is 15.9 Å². The Balaban J connectivity index is 2.70. The molecule has 0 aromatic heterocycles. The van der Waals surface area contributed by atoms with Gasteiger partial charge in [-0.3, -0.25) is 4.79 Å². The van der Waals surface area contributed by atoms with E-state index in [-0.39, 0.29) is 30.4 Å². The smallest absolute Gasteiger partial charge is 0.240 e. The predicted octanol–water partition coefficient (Wildman–Crippen LogP) is -0.555. The first-order chi connectivity index (χ1) is 9.49. The Hall–Kier alpha value is -1.88. The summed E-state index contributed by atoms with van der Waals surface area (Å²) in [6.45, 7) is -0.213. The molecule has 7 heteroatoms. The first-order valence-corrected chi connectivity index (χ1v) is 7.38. The number of hydrogen-bond acceptors (Lipinski definition) is 4. The largest absolute Gasteiger partial charge is 0.384 e. The number of amides is 1. The second kappa shape index (κ2) is 7.65. The van der Waals surface area contributed by atoms with Crippen molar-refractivity contribution in [1.82, 2.24) is 10.0 Å². The van der Waals surface area contributed by atoms with E-state index in [1.165, 1.54) is 19.2 Å². The number of aliphatic hydroxyl groups excluding tert-OH is 1. The third-order valence-electron chi connectivity index (χ3n) is 2.40. The lowest BCUT2D eigenvalue weighted by molar-refractivity contribution is -0.120. The van der Waals surface area contributed by atoms with E-state index in [1.54, 1.807) is 12.1 Å². The van der Waals surface area contributed by atoms with Crippen molar-refractivity contribution in [1.29, 1.82) is 0 Å². The summed E-state index contributed by atoms with van der Waals surface area (Å²) >= 11 is 0. The number of rotatable bonds is 5. The van der Waals surface area contributed by atoms with Gasteiger partial charge in [-0.1, -0.05) is 11.8 Å². The van der Waals surface area contributed by atoms with Crippen LogP contribution in [0.15, 0.2) is 29.2 Å². The minimum Gasteiger partial charge on any atom is -0.384 e. The van der Waals surface area contributed by atoms with E-state index in [0.29, 0.717) is 5.56 Å². The molecule has 6 nitrogen and oxygen atoms in total. The van der Waals surface area contributed by atoms with Gasteiger partial charge in [0.25, 0.3) is 0 Å². The van der Waals surface area contributed by atoms with Gasteiger partial charge in [0.2, 0.25) is 15.9 Å². The number of carbonyl (C=O) groups excluding carboxylic acids is 1. The average molecular weight is 296 g/mol. The van der Waals surface area contributed by atoms with Crippen LogP contribution in [0.25, 0.3) is 0 Å². The molecule has 0 aliphatic carbocycles. The highest BCUT2D eigenvalue weighted by Gasteiger charge is 2.13. The van der Waals surface area contributed by atoms with Gasteiger partial charge in [-0.2, -0.15) is 0 Å². The van der Waals surface area contributed by atoms with Crippen LogP contribution in [0, 0.1) is 11.8 Å². The second-order valence-electron chi connectivity index (χ2n) is 3.81. The van der Waals surface area contributed by atoms with Crippen LogP contribution in [0.5, 0.6) is 0 Å². The standard InChI is InChI=1S/C13H16N2O4S/c1-14-13(17)8-9-15-20(18,19)12-6-4-11(5-7-12)3-2-10-16/h4-7,15-16H,8-10H2,1H3,(H,14,17). The van der Waals surface area contributed by atoms with Crippen LogP contribution in [0.2, 0.25) is 0 Å². The molecule has 1 amide bonds. The quantitative estimate of drug-likeness (QED) is 0.635. The van der Waals surface area contributed by atoms with Crippen LogP contribution in [0.1, 0.15) is 12.0 Å². The Bertz CT molecular complexity index is 612. The van der Waals surface area contributed by atoms with Crippen LogP contribution < -0.4 is 10.0 Å². The molecule has 108 valence electrons. The molecule has 0 unspecified atom stereocenters. The summed E-state index contributed by atoms with van der Waals surface area (Å²) in [6, 6.07) is 5.94. The summed E-state index contributed by atoms with van der Waals surface area (Å²) in [5.74, 6) is 4.91. The lowest BCUT2D eigenvalue weighted by Gasteiger charge is -2.06. The highest BCUT2D eigenvalue weighted by Crippen LogP contribution is 2.09. The molecule has 0 radical (unpaired) electrons. The molecule has 0 aliphatic rings. The third kappa shape index (κ3) is 5.01. The van der Waals surface area contributed by atoms with Crippen molar-refractivity contribution in [3.8, 4) is 11.8 Å². The minimum absolute atomic E-state index is 0.0358. The summed E-state index contributed by atoms with van der Waals surface area (Å²) in [7, 11) is -2.14. The van der Waals surface area contributed by atoms with Crippen molar-refractivity contribution < 1.29 is 18.3 Å². The number of sulfonamides is 1. The zero-order valence-corrected chi connectivity index (χ0v) is 11.8. The number of benzene rings is 1. The molecule has 1 aromatic rings. The molecule has 1 rings (SSSR count). The molecule has 0 saturated heterocycles. The van der Waals surface area contributed by atoms with Crippen molar-refractivity contribution in [3.63, 3.8) is 0 Å². The first kappa shape index (κ1) is 16.2. The Labute approximate surface area is 118 Å². The monoisotopic (exact) mass is 296 g/mol. The van der Waals surface area contributed by atoms with Crippen LogP contribution in [0.3, 0.4) is 0 Å². The highest BCUT2D eigenvalue weighted by atomic mass is 32.2. The molecule has 20 heavy (non-hydrogen) atoms. The highest BCUT2D eigenvalue weighted by molar-refractivity contribution is 7.89. The van der Waals surface area contributed by atoms with Crippen molar-refractivity contribution in [2.24, 2.45) is 0 Å². The molecule has 1 aromatic carbocycles. The number of aliphatic hydroxyl groups is 1. The molecular weight excluding hydrogens is 280 g/mol. The number of hydrogen-bond donors (Lipinski definition) is 3. The minimum atomic E-state index is -3.63. The Morgan fingerprint density at radius 1 is 1.30 bits per heavy atom. The van der Waals surface area contributed by atoms with Gasteiger partial charge >= 0.3 is 0 Å². The van der Waals surface area contributed by atoms with E-state index in [1.807, 2.05) is 0 Å². The fourth-order valence-corrected chi connectivity index (χ4v) is 2.40. The zero-order chi connectivity index (χ0) is 15.0. The van der Waals surface area contributed by atoms with E-state index < -0.39 is 10.0 Å². The summed E-state index contributed by atoms with van der Waals surface area (Å²) in [4.78, 5) is 11.1. The van der Waals surface area contributed by atoms with E-state index in [0.717, 1.165) is 0 Å². The maximum absolute atomic E-state index is 11.9. The maximum Gasteiger partial charge on any atom is 0.240 e. The zero-order valence-electron chi connectivity index (χ0n) is 11.0. The number of nitrogens with one attached hydrogen (secondary N) is 2. The lowest BCUT2D eigenvalue weighted by Crippen LogP contribution is -2.29. The molecule has 0 atom stereocenters. The molecule has 0 saturated carbocycles. The second-order valence-corrected chi connectivity index (χ2v) is 5.57. The van der Waals surface area contributed by atoms with Gasteiger partial charge in [-0.15, -0.1) is 0 Å². The Morgan fingerprint density at radius 2 is 1.95 bits per heavy atom. The fourth-order valence-electron chi connectivity index (χ4n) is 1.37. The molecule has 0 fully saturated rings. The van der Waals surface area contributed by atoms with Gasteiger partial charge in [0.1, 0.15) is 6.61 Å². The summed E-state index contributed by atoms with van der Waals surface area (Å²) in [5, 5.41) is 11.0. The number of carbonyl (C=O) groups is 1. The Kier molecular flexibility index (Phi) is 6.18. The predicted molar refractivity (Wildman–Crippen MR) is 74.3 cm³/mol. The van der Waals surface area contributed by atoms with Gasteiger partial charge in [-0.05, 0) is 24.3 Å². The van der Waals surface area contributed by atoms with Gasteiger partial charge in [0.15, 0.2) is 0 Å². The molecular formula is C13H16N2O4S. The van der Waals surface area contributed by atoms with Crippen molar-refractivity contribution in [3.05, 3.63) is 29.8 Å². The summed E-state index contributed by atoms with van der Waals surface area (Å²) < 4.78 is 26.2. The van der Waals surface area contributed by atoms with Gasteiger partial charge < -0.3 is 10.4 Å². The fraction of sp³-hybridized carbons (Fsp3) is 0.308. The van der Waals surface area contributed by atoms with Crippen LogP contribution in [-0.2, 0) is 14.8 Å². The average Bonchev–Trinajstić information content (AvgIpc) is 2.45. The lowest BCUT2D eigenvalue weighted by atomic mass is 10.2. The maximum atomic E-state index is 11.9. The molecule has 3 N–H and O–H groups in total.